The minimum atomic E-state index is -0.900. The molecule has 1 N–H and O–H groups in total. The molecule has 2 aromatic rings. The Morgan fingerprint density at radius 3 is 2.67 bits per heavy atom. The van der Waals surface area contributed by atoms with Crippen molar-refractivity contribution >= 4 is 34.8 Å². The maximum absolute atomic E-state index is 10.7. The Bertz CT molecular complexity index is 715. The van der Waals surface area contributed by atoms with Crippen LogP contribution in [0.2, 0.25) is 0 Å². The number of carbonyl (C=O) groups is 1. The van der Waals surface area contributed by atoms with E-state index in [1.54, 1.807) is 19.9 Å². The lowest BCUT2D eigenvalue weighted by molar-refractivity contribution is -0.385. The number of carboxylic acid groups (broad SMARTS) is 1. The van der Waals surface area contributed by atoms with Gasteiger partial charge in [0.1, 0.15) is 10.7 Å². The Morgan fingerprint density at radius 2 is 2.10 bits per heavy atom. The smallest absolute Gasteiger partial charge is 0.308 e. The first-order chi connectivity index (χ1) is 9.86. The van der Waals surface area contributed by atoms with E-state index in [1.165, 1.54) is 29.2 Å². The molecule has 0 bridgehead atoms. The maximum atomic E-state index is 10.7. The Labute approximate surface area is 128 Å². The molecule has 0 radical (unpaired) electrons. The van der Waals surface area contributed by atoms with E-state index in [1.807, 2.05) is 0 Å². The zero-order valence-electron chi connectivity index (χ0n) is 11.2. The molecule has 0 unspecified atom stereocenters. The quantitative estimate of drug-likeness (QED) is 0.665. The van der Waals surface area contributed by atoms with Crippen molar-refractivity contribution in [2.24, 2.45) is 0 Å². The van der Waals surface area contributed by atoms with E-state index >= 15 is 0 Å². The van der Waals surface area contributed by atoms with E-state index in [0.29, 0.717) is 25.6 Å². The first kappa shape index (κ1) is 15.4. The van der Waals surface area contributed by atoms with Crippen molar-refractivity contribution in [2.75, 3.05) is 0 Å². The normalized spacial score (nSPS) is 10.6. The van der Waals surface area contributed by atoms with Crippen LogP contribution in [0, 0.1) is 24.0 Å². The molecule has 0 atom stereocenters. The zero-order valence-corrected chi connectivity index (χ0v) is 12.8. The summed E-state index contributed by atoms with van der Waals surface area (Å²) in [5, 5.41) is 20.1. The number of aryl methyl sites for hydroxylation is 2. The second-order valence-electron chi connectivity index (χ2n) is 4.17. The number of thiazole rings is 1. The molecule has 21 heavy (non-hydrogen) atoms. The summed E-state index contributed by atoms with van der Waals surface area (Å²) in [7, 11) is 0. The molecule has 0 fully saturated rings. The molecule has 0 aliphatic rings. The summed E-state index contributed by atoms with van der Waals surface area (Å²) in [6.07, 6.45) is -0.0588. The average Bonchev–Trinajstić information content (AvgIpc) is 2.68. The Morgan fingerprint density at radius 1 is 1.38 bits per heavy atom. The van der Waals surface area contributed by atoms with E-state index < -0.39 is 10.9 Å². The minimum Gasteiger partial charge on any atom is -0.481 e. The van der Waals surface area contributed by atoms with Gasteiger partial charge in [0, 0.05) is 10.9 Å². The van der Waals surface area contributed by atoms with E-state index in [-0.39, 0.29) is 12.1 Å². The maximum Gasteiger partial charge on any atom is 0.308 e. The summed E-state index contributed by atoms with van der Waals surface area (Å²) in [5.41, 5.74) is 0.994. The van der Waals surface area contributed by atoms with Crippen LogP contribution >= 0.6 is 23.1 Å². The van der Waals surface area contributed by atoms with Crippen molar-refractivity contribution in [3.05, 3.63) is 38.5 Å². The largest absolute Gasteiger partial charge is 0.481 e. The van der Waals surface area contributed by atoms with Crippen molar-refractivity contribution in [1.82, 2.24) is 9.97 Å². The number of aromatic nitrogens is 2. The SMILES string of the molecule is Cc1nc(Sc2nc(C)c(CC(=O)O)s2)ccc1[N+](=O)[O-]. The summed E-state index contributed by atoms with van der Waals surface area (Å²) in [5.74, 6) is -0.900. The highest BCUT2D eigenvalue weighted by Crippen LogP contribution is 2.33. The van der Waals surface area contributed by atoms with Gasteiger partial charge < -0.3 is 5.11 Å². The fourth-order valence-corrected chi connectivity index (χ4v) is 3.80. The number of aliphatic carboxylic acids is 1. The molecule has 0 saturated heterocycles. The number of pyridine rings is 1. The summed E-state index contributed by atoms with van der Waals surface area (Å²) >= 11 is 2.56. The lowest BCUT2D eigenvalue weighted by Crippen LogP contribution is -1.99. The van der Waals surface area contributed by atoms with Crippen LogP contribution in [0.15, 0.2) is 21.5 Å². The predicted octanol–water partition coefficient (Wildman–Crippen LogP) is 2.84. The molecular formula is C12H11N3O4S2. The average molecular weight is 325 g/mol. The molecule has 0 spiro atoms. The second-order valence-corrected chi connectivity index (χ2v) is 6.52. The van der Waals surface area contributed by atoms with Gasteiger partial charge in [-0.15, -0.1) is 11.3 Å². The van der Waals surface area contributed by atoms with Gasteiger partial charge in [0.05, 0.1) is 17.0 Å². The molecular weight excluding hydrogens is 314 g/mol. The number of nitrogens with zero attached hydrogens (tertiary/aromatic N) is 3. The third-order valence-electron chi connectivity index (χ3n) is 2.61. The van der Waals surface area contributed by atoms with E-state index in [0.717, 1.165) is 0 Å². The van der Waals surface area contributed by atoms with Crippen molar-refractivity contribution in [3.63, 3.8) is 0 Å². The van der Waals surface area contributed by atoms with Gasteiger partial charge in [0.15, 0.2) is 4.34 Å². The molecule has 9 heteroatoms. The van der Waals surface area contributed by atoms with Gasteiger partial charge >= 0.3 is 5.97 Å². The molecule has 0 aliphatic heterocycles. The van der Waals surface area contributed by atoms with E-state index in [4.69, 9.17) is 5.11 Å². The van der Waals surface area contributed by atoms with Crippen molar-refractivity contribution in [1.29, 1.82) is 0 Å². The molecule has 2 heterocycles. The number of rotatable bonds is 5. The molecule has 110 valence electrons. The monoisotopic (exact) mass is 325 g/mol. The molecule has 0 saturated carbocycles. The Hall–Kier alpha value is -2.00. The molecule has 0 aromatic carbocycles. The molecule has 0 amide bonds. The summed E-state index contributed by atoms with van der Waals surface area (Å²) in [4.78, 5) is 30.1. The number of hydrogen-bond donors (Lipinski definition) is 1. The first-order valence-corrected chi connectivity index (χ1v) is 7.48. The standard InChI is InChI=1S/C12H11N3O4S2/c1-6-8(15(18)19)3-4-10(13-6)21-12-14-7(2)9(20-12)5-11(16)17/h3-4H,5H2,1-2H3,(H,16,17). The van der Waals surface area contributed by atoms with Crippen LogP contribution in [-0.4, -0.2) is 26.0 Å². The van der Waals surface area contributed by atoms with Gasteiger partial charge in [0.25, 0.3) is 5.69 Å². The highest BCUT2D eigenvalue weighted by atomic mass is 32.2. The molecule has 7 nitrogen and oxygen atoms in total. The summed E-state index contributed by atoms with van der Waals surface area (Å²) in [6.45, 7) is 3.33. The van der Waals surface area contributed by atoms with Gasteiger partial charge in [-0.2, -0.15) is 0 Å². The highest BCUT2D eigenvalue weighted by Gasteiger charge is 2.15. The van der Waals surface area contributed by atoms with Crippen LogP contribution in [0.25, 0.3) is 0 Å². The minimum absolute atomic E-state index is 0.0266. The lowest BCUT2D eigenvalue weighted by Gasteiger charge is -1.99. The fraction of sp³-hybridized carbons (Fsp3) is 0.250. The predicted molar refractivity (Wildman–Crippen MR) is 77.9 cm³/mol. The summed E-state index contributed by atoms with van der Waals surface area (Å²) in [6, 6.07) is 2.96. The van der Waals surface area contributed by atoms with E-state index in [2.05, 4.69) is 9.97 Å². The molecule has 0 aliphatic carbocycles. The highest BCUT2D eigenvalue weighted by molar-refractivity contribution is 8.01. The van der Waals surface area contributed by atoms with E-state index in [9.17, 15) is 14.9 Å². The van der Waals surface area contributed by atoms with Crippen molar-refractivity contribution in [3.8, 4) is 0 Å². The van der Waals surface area contributed by atoms with Crippen LogP contribution in [0.3, 0.4) is 0 Å². The summed E-state index contributed by atoms with van der Waals surface area (Å²) < 4.78 is 0.671. The zero-order chi connectivity index (χ0) is 15.6. The topological polar surface area (TPSA) is 106 Å². The van der Waals surface area contributed by atoms with Gasteiger partial charge in [-0.25, -0.2) is 9.97 Å². The van der Waals surface area contributed by atoms with Crippen LogP contribution < -0.4 is 0 Å². The number of nitro groups is 1. The molecule has 2 aromatic heterocycles. The van der Waals surface area contributed by atoms with Gasteiger partial charge in [0.2, 0.25) is 0 Å². The third-order valence-corrected chi connectivity index (χ3v) is 4.76. The van der Waals surface area contributed by atoms with Crippen molar-refractivity contribution < 1.29 is 14.8 Å². The van der Waals surface area contributed by atoms with Crippen LogP contribution in [0.4, 0.5) is 5.69 Å². The van der Waals surface area contributed by atoms with Gasteiger partial charge in [-0.1, -0.05) is 0 Å². The van der Waals surface area contributed by atoms with Gasteiger partial charge in [-0.05, 0) is 31.7 Å². The number of hydrogen-bond acceptors (Lipinski definition) is 7. The second kappa shape index (κ2) is 6.19. The molecule has 2 rings (SSSR count). The number of carboxylic acids is 1. The van der Waals surface area contributed by atoms with Crippen molar-refractivity contribution in [2.45, 2.75) is 29.6 Å². The third kappa shape index (κ3) is 3.76. The van der Waals surface area contributed by atoms with Crippen LogP contribution in [-0.2, 0) is 11.2 Å². The fourth-order valence-electron chi connectivity index (χ4n) is 1.62. The Kier molecular flexibility index (Phi) is 4.53. The van der Waals surface area contributed by atoms with Crippen LogP contribution in [0.1, 0.15) is 16.3 Å². The lowest BCUT2D eigenvalue weighted by atomic mass is 10.3. The first-order valence-electron chi connectivity index (χ1n) is 5.85. The van der Waals surface area contributed by atoms with Crippen LogP contribution in [0.5, 0.6) is 0 Å². The van der Waals surface area contributed by atoms with Gasteiger partial charge in [-0.3, -0.25) is 14.9 Å². The Balaban J connectivity index is 2.20.